The Morgan fingerprint density at radius 3 is 2.62 bits per heavy atom. The van der Waals surface area contributed by atoms with E-state index in [1.807, 2.05) is 6.21 Å². The van der Waals surface area contributed by atoms with E-state index in [2.05, 4.69) is 23.7 Å². The minimum absolute atomic E-state index is 0.489. The third-order valence-corrected chi connectivity index (χ3v) is 4.68. The largest absolute Gasteiger partial charge is 0.404 e. The number of hydrogen-bond acceptors (Lipinski definition) is 4. The van der Waals surface area contributed by atoms with Crippen molar-refractivity contribution >= 4 is 6.21 Å². The Balaban J connectivity index is 1.55. The van der Waals surface area contributed by atoms with Crippen molar-refractivity contribution in [3.8, 4) is 0 Å². The van der Waals surface area contributed by atoms with Gasteiger partial charge in [-0.15, -0.1) is 0 Å². The van der Waals surface area contributed by atoms with Gasteiger partial charge < -0.3 is 15.4 Å². The van der Waals surface area contributed by atoms with E-state index in [1.165, 1.54) is 51.7 Å². The molecule has 0 saturated carbocycles. The van der Waals surface area contributed by atoms with Crippen LogP contribution >= 0.6 is 0 Å². The number of nitrogens with two attached hydrogens (primary N) is 1. The van der Waals surface area contributed by atoms with Gasteiger partial charge in [-0.3, -0.25) is 4.99 Å². The highest BCUT2D eigenvalue weighted by Gasteiger charge is 2.32. The van der Waals surface area contributed by atoms with Crippen LogP contribution in [-0.4, -0.2) is 49.0 Å². The summed E-state index contributed by atoms with van der Waals surface area (Å²) in [5, 5.41) is 0. The molecule has 0 aliphatic carbocycles. The summed E-state index contributed by atoms with van der Waals surface area (Å²) in [5.41, 5.74) is 6.69. The SMILES string of the molecule is CC/C(C=NC1CCN(CCCCC2OC2C)CC1)=C/N. The average Bonchev–Trinajstić information content (AvgIpc) is 3.22. The minimum Gasteiger partial charge on any atom is -0.404 e. The molecule has 0 aromatic rings. The maximum atomic E-state index is 5.55. The molecule has 2 saturated heterocycles. The molecule has 0 radical (unpaired) electrons. The van der Waals surface area contributed by atoms with E-state index in [9.17, 15) is 0 Å². The molecule has 0 aromatic heterocycles. The zero-order valence-corrected chi connectivity index (χ0v) is 13.6. The zero-order chi connectivity index (χ0) is 15.1. The van der Waals surface area contributed by atoms with Crippen LogP contribution in [0.1, 0.15) is 52.4 Å². The lowest BCUT2D eigenvalue weighted by Crippen LogP contribution is -2.36. The van der Waals surface area contributed by atoms with Crippen LogP contribution in [0.15, 0.2) is 16.8 Å². The van der Waals surface area contributed by atoms with Crippen LogP contribution in [0.2, 0.25) is 0 Å². The second-order valence-corrected chi connectivity index (χ2v) is 6.32. The molecule has 0 bridgehead atoms. The summed E-state index contributed by atoms with van der Waals surface area (Å²) in [6.45, 7) is 7.89. The minimum atomic E-state index is 0.489. The standard InChI is InChI=1S/C17H31N3O/c1-3-15(12-18)13-19-16-7-10-20(11-8-16)9-5-4-6-17-14(2)21-17/h12-14,16-17H,3-11,18H2,1-2H3/b15-12-,19-13?. The van der Waals surface area contributed by atoms with Gasteiger partial charge in [-0.1, -0.05) is 6.92 Å². The number of piperidine rings is 1. The summed E-state index contributed by atoms with van der Waals surface area (Å²) >= 11 is 0. The summed E-state index contributed by atoms with van der Waals surface area (Å²) in [4.78, 5) is 7.27. The Kier molecular flexibility index (Phi) is 6.71. The van der Waals surface area contributed by atoms with E-state index in [0.717, 1.165) is 12.0 Å². The van der Waals surface area contributed by atoms with Gasteiger partial charge in [0.2, 0.25) is 0 Å². The topological polar surface area (TPSA) is 54.1 Å². The first-order chi connectivity index (χ1) is 10.2. The number of likely N-dealkylation sites (tertiary alicyclic amines) is 1. The smallest absolute Gasteiger partial charge is 0.0839 e. The fourth-order valence-electron chi connectivity index (χ4n) is 2.96. The van der Waals surface area contributed by atoms with Gasteiger partial charge in [-0.05, 0) is 63.8 Å². The van der Waals surface area contributed by atoms with Crippen molar-refractivity contribution in [1.29, 1.82) is 0 Å². The molecule has 2 fully saturated rings. The number of ether oxygens (including phenoxy) is 1. The normalized spacial score (nSPS) is 28.4. The van der Waals surface area contributed by atoms with Crippen LogP contribution in [0, 0.1) is 0 Å². The number of epoxide rings is 1. The lowest BCUT2D eigenvalue weighted by molar-refractivity contribution is 0.209. The molecule has 2 atom stereocenters. The van der Waals surface area contributed by atoms with Crippen molar-refractivity contribution in [2.75, 3.05) is 19.6 Å². The quantitative estimate of drug-likeness (QED) is 0.425. The first-order valence-corrected chi connectivity index (χ1v) is 8.54. The first-order valence-electron chi connectivity index (χ1n) is 8.54. The van der Waals surface area contributed by atoms with E-state index in [-0.39, 0.29) is 0 Å². The van der Waals surface area contributed by atoms with E-state index in [1.54, 1.807) is 6.20 Å². The van der Waals surface area contributed by atoms with Crippen LogP contribution in [0.4, 0.5) is 0 Å². The maximum absolute atomic E-state index is 5.55. The van der Waals surface area contributed by atoms with Crippen LogP contribution in [0.25, 0.3) is 0 Å². The van der Waals surface area contributed by atoms with Crippen molar-refractivity contribution in [1.82, 2.24) is 4.90 Å². The first kappa shape index (κ1) is 16.5. The molecule has 120 valence electrons. The molecule has 2 N–H and O–H groups in total. The molecule has 0 aromatic carbocycles. The molecule has 2 heterocycles. The van der Waals surface area contributed by atoms with Crippen LogP contribution in [0.5, 0.6) is 0 Å². The average molecular weight is 293 g/mol. The number of nitrogens with zero attached hydrogens (tertiary/aromatic N) is 2. The van der Waals surface area contributed by atoms with Crippen molar-refractivity contribution in [2.24, 2.45) is 10.7 Å². The molecule has 21 heavy (non-hydrogen) atoms. The summed E-state index contributed by atoms with van der Waals surface area (Å²) in [7, 11) is 0. The number of aliphatic imine (C=N–C) groups is 1. The number of rotatable bonds is 8. The van der Waals surface area contributed by atoms with Crippen LogP contribution < -0.4 is 5.73 Å². The van der Waals surface area contributed by atoms with Gasteiger partial charge in [0.1, 0.15) is 0 Å². The molecule has 0 amide bonds. The Labute approximate surface area is 129 Å². The predicted octanol–water partition coefficient (Wildman–Crippen LogP) is 2.73. The van der Waals surface area contributed by atoms with Gasteiger partial charge in [0, 0.05) is 19.3 Å². The Morgan fingerprint density at radius 2 is 2.05 bits per heavy atom. The third kappa shape index (κ3) is 5.79. The summed E-state index contributed by atoms with van der Waals surface area (Å²) in [6, 6.07) is 0.489. The number of hydrogen-bond donors (Lipinski definition) is 1. The van der Waals surface area contributed by atoms with Crippen molar-refractivity contribution < 1.29 is 4.74 Å². The molecular formula is C17H31N3O. The summed E-state index contributed by atoms with van der Waals surface area (Å²) < 4.78 is 5.44. The highest BCUT2D eigenvalue weighted by molar-refractivity contribution is 5.78. The van der Waals surface area contributed by atoms with Crippen molar-refractivity contribution in [2.45, 2.75) is 70.6 Å². The second-order valence-electron chi connectivity index (χ2n) is 6.32. The van der Waals surface area contributed by atoms with Crippen molar-refractivity contribution in [3.05, 3.63) is 11.8 Å². The molecule has 4 nitrogen and oxygen atoms in total. The molecule has 2 rings (SSSR count). The number of unbranched alkanes of at least 4 members (excludes halogenated alkanes) is 1. The molecule has 2 unspecified atom stereocenters. The highest BCUT2D eigenvalue weighted by atomic mass is 16.6. The van der Waals surface area contributed by atoms with Gasteiger partial charge in [0.15, 0.2) is 0 Å². The van der Waals surface area contributed by atoms with Gasteiger partial charge >= 0.3 is 0 Å². The summed E-state index contributed by atoms with van der Waals surface area (Å²) in [6.07, 6.45) is 11.9. The maximum Gasteiger partial charge on any atom is 0.0839 e. The van der Waals surface area contributed by atoms with Crippen LogP contribution in [0.3, 0.4) is 0 Å². The van der Waals surface area contributed by atoms with Crippen molar-refractivity contribution in [3.63, 3.8) is 0 Å². The Bertz CT molecular complexity index is 359. The Morgan fingerprint density at radius 1 is 1.33 bits per heavy atom. The number of allylic oxidation sites excluding steroid dienone is 1. The lowest BCUT2D eigenvalue weighted by atomic mass is 10.0. The zero-order valence-electron chi connectivity index (χ0n) is 13.6. The lowest BCUT2D eigenvalue weighted by Gasteiger charge is -2.30. The monoisotopic (exact) mass is 293 g/mol. The highest BCUT2D eigenvalue weighted by Crippen LogP contribution is 2.26. The van der Waals surface area contributed by atoms with E-state index < -0.39 is 0 Å². The van der Waals surface area contributed by atoms with E-state index in [0.29, 0.717) is 18.2 Å². The van der Waals surface area contributed by atoms with Gasteiger partial charge in [0.05, 0.1) is 18.2 Å². The Hall–Kier alpha value is -0.870. The van der Waals surface area contributed by atoms with Gasteiger partial charge in [-0.25, -0.2) is 0 Å². The molecule has 2 aliphatic heterocycles. The van der Waals surface area contributed by atoms with Gasteiger partial charge in [0.25, 0.3) is 0 Å². The molecule has 0 spiro atoms. The second kappa shape index (κ2) is 8.54. The van der Waals surface area contributed by atoms with E-state index in [4.69, 9.17) is 10.5 Å². The fraction of sp³-hybridized carbons (Fsp3) is 0.824. The fourth-order valence-corrected chi connectivity index (χ4v) is 2.96. The molecule has 2 aliphatic rings. The molecular weight excluding hydrogens is 262 g/mol. The van der Waals surface area contributed by atoms with E-state index >= 15 is 0 Å². The molecule has 4 heteroatoms. The third-order valence-electron chi connectivity index (χ3n) is 4.68. The predicted molar refractivity (Wildman–Crippen MR) is 88.7 cm³/mol. The summed E-state index contributed by atoms with van der Waals surface area (Å²) in [5.74, 6) is 0. The van der Waals surface area contributed by atoms with Gasteiger partial charge in [-0.2, -0.15) is 0 Å². The van der Waals surface area contributed by atoms with Crippen LogP contribution in [-0.2, 0) is 4.74 Å².